The van der Waals surface area contributed by atoms with Crippen molar-refractivity contribution in [2.24, 2.45) is 0 Å². The lowest BCUT2D eigenvalue weighted by atomic mass is 10.5. The summed E-state index contributed by atoms with van der Waals surface area (Å²) in [7, 11) is 0. The first-order chi connectivity index (χ1) is 19.0. The third kappa shape index (κ3) is 27.5. The first-order valence-electron chi connectivity index (χ1n) is 11.3. The van der Waals surface area contributed by atoms with E-state index in [1.807, 2.05) is 94.1 Å². The zero-order valence-corrected chi connectivity index (χ0v) is 38.1. The highest BCUT2D eigenvalue weighted by Crippen LogP contribution is 2.44. The molecule has 0 aromatic heterocycles. The van der Waals surface area contributed by atoms with Crippen LogP contribution >= 0.6 is 242 Å². The second-order valence-corrected chi connectivity index (χ2v) is 29.3. The molecule has 0 aromatic rings. The van der Waals surface area contributed by atoms with E-state index in [2.05, 4.69) is 148 Å². The minimum Gasteiger partial charge on any atom is -0.168 e. The highest BCUT2D eigenvalue weighted by molar-refractivity contribution is 8.31. The van der Waals surface area contributed by atoms with Crippen molar-refractivity contribution in [3.8, 4) is 0 Å². The van der Waals surface area contributed by atoms with E-state index < -0.39 is 0 Å². The van der Waals surface area contributed by atoms with E-state index in [9.17, 15) is 0 Å². The van der Waals surface area contributed by atoms with Crippen LogP contribution in [0.3, 0.4) is 0 Å². The zero-order valence-electron chi connectivity index (χ0n) is 21.1. The second-order valence-electron chi connectivity index (χ2n) is 6.55. The summed E-state index contributed by atoms with van der Waals surface area (Å²) in [6, 6.07) is 0. The van der Waals surface area contributed by atoms with Crippen molar-refractivity contribution in [2.45, 2.75) is 46.8 Å². The van der Waals surface area contributed by atoms with E-state index in [1.54, 1.807) is 0 Å². The predicted molar refractivity (Wildman–Crippen MR) is 248 cm³/mol. The van der Waals surface area contributed by atoms with Crippen LogP contribution < -0.4 is 0 Å². The van der Waals surface area contributed by atoms with Gasteiger partial charge in [-0.3, -0.25) is 0 Å². The first-order valence-corrected chi connectivity index (χ1v) is 28.9. The Hall–Kier alpha value is 7.00. The van der Waals surface area contributed by atoms with E-state index in [0.29, 0.717) is 27.5 Å². The molecule has 2 atom stereocenters. The maximum Gasteiger partial charge on any atom is 0.0537 e. The van der Waals surface area contributed by atoms with Crippen LogP contribution in [0, 0.1) is 0 Å². The quantitative estimate of drug-likeness (QED) is 0.0256. The first kappa shape index (κ1) is 46.0. The second kappa shape index (κ2) is 34.8. The Morgan fingerprint density at radius 1 is 0.256 bits per heavy atom. The number of thioether (sulfide) groups is 12. The Bertz CT molecular complexity index is 454. The van der Waals surface area contributed by atoms with E-state index in [0.717, 1.165) is 70.1 Å². The Balaban J connectivity index is 5.13. The molecule has 0 heterocycles. The van der Waals surface area contributed by atoms with Crippen LogP contribution in [0.1, 0.15) is 19.3 Å². The Morgan fingerprint density at radius 2 is 0.410 bits per heavy atom. The van der Waals surface area contributed by atoms with Crippen molar-refractivity contribution >= 4 is 242 Å². The minimum absolute atomic E-state index is 0.524. The fourth-order valence-electron chi connectivity index (χ4n) is 2.62. The summed E-state index contributed by atoms with van der Waals surface area (Å²) >= 11 is 59.7. The SMILES string of the molecule is SCSC(CC(SCS)SCSC(CC(SCS)SCS)SCSC(CC(SCS)SCS)SCS)SCS. The molecule has 0 nitrogen and oxygen atoms in total. The molecule has 0 amide bonds. The van der Waals surface area contributed by atoms with Gasteiger partial charge in [-0.25, -0.2) is 0 Å². The molecule has 20 heteroatoms. The number of hydrogen-bond donors (Lipinski definition) is 8. The number of thiol groups is 8. The van der Waals surface area contributed by atoms with Crippen LogP contribution in [-0.2, 0) is 0 Å². The summed E-state index contributed by atoms with van der Waals surface area (Å²) < 4.78 is 3.21. The van der Waals surface area contributed by atoms with E-state index >= 15 is 0 Å². The Kier molecular flexibility index (Phi) is 41.1. The Morgan fingerprint density at radius 3 is 0.590 bits per heavy atom. The summed E-state index contributed by atoms with van der Waals surface area (Å²) in [5, 5.41) is 8.97. The maximum absolute atomic E-state index is 4.53. The maximum atomic E-state index is 4.53. The molecule has 0 spiro atoms. The smallest absolute Gasteiger partial charge is 0.0537 e. The Labute approximate surface area is 334 Å². The highest BCUT2D eigenvalue weighted by Gasteiger charge is 2.23. The van der Waals surface area contributed by atoms with Crippen molar-refractivity contribution < 1.29 is 0 Å². The molecule has 39 heavy (non-hydrogen) atoms. The van der Waals surface area contributed by atoms with Gasteiger partial charge in [0.2, 0.25) is 0 Å². The van der Waals surface area contributed by atoms with Crippen LogP contribution in [0.5, 0.6) is 0 Å². The number of rotatable bonds is 30. The molecule has 0 aliphatic heterocycles. The van der Waals surface area contributed by atoms with Gasteiger partial charge in [-0.2, -0.15) is 101 Å². The van der Waals surface area contributed by atoms with Gasteiger partial charge in [0.1, 0.15) is 0 Å². The molecule has 0 bridgehead atoms. The summed E-state index contributed by atoms with van der Waals surface area (Å²) in [4.78, 5) is 0. The van der Waals surface area contributed by atoms with Gasteiger partial charge in [0.15, 0.2) is 0 Å². The van der Waals surface area contributed by atoms with Gasteiger partial charge in [0.05, 0.1) is 27.5 Å². The van der Waals surface area contributed by atoms with Crippen molar-refractivity contribution in [1.29, 1.82) is 0 Å². The van der Waals surface area contributed by atoms with Crippen molar-refractivity contribution in [3.63, 3.8) is 0 Å². The molecular weight excluding hydrogens is 870 g/mol. The molecule has 0 rings (SSSR count). The third-order valence-corrected chi connectivity index (χ3v) is 22.9. The molecule has 0 saturated heterocycles. The lowest BCUT2D eigenvalue weighted by Crippen LogP contribution is -2.12. The summed E-state index contributed by atoms with van der Waals surface area (Å²) in [5.74, 6) is 0. The van der Waals surface area contributed by atoms with Crippen LogP contribution in [0.25, 0.3) is 0 Å². The van der Waals surface area contributed by atoms with Crippen LogP contribution in [0.15, 0.2) is 0 Å². The summed E-state index contributed by atoms with van der Waals surface area (Å²) in [6.45, 7) is 0. The molecule has 2 unspecified atom stereocenters. The van der Waals surface area contributed by atoms with Gasteiger partial charge in [0.25, 0.3) is 0 Å². The monoisotopic (exact) mass is 908 g/mol. The van der Waals surface area contributed by atoms with Crippen molar-refractivity contribution in [2.75, 3.05) is 50.8 Å². The molecule has 0 fully saturated rings. The normalized spacial score (nSPS) is 14.5. The average Bonchev–Trinajstić information content (AvgIpc) is 2.89. The molecular formula is C19H40S20. The van der Waals surface area contributed by atoms with Crippen LogP contribution in [0.2, 0.25) is 0 Å². The van der Waals surface area contributed by atoms with Gasteiger partial charge >= 0.3 is 0 Å². The summed E-state index contributed by atoms with van der Waals surface area (Å²) in [5.41, 5.74) is 0. The molecule has 0 saturated carbocycles. The fraction of sp³-hybridized carbons (Fsp3) is 1.00. The van der Waals surface area contributed by atoms with Crippen LogP contribution in [-0.4, -0.2) is 78.3 Å². The van der Waals surface area contributed by atoms with E-state index in [1.165, 1.54) is 0 Å². The van der Waals surface area contributed by atoms with Gasteiger partial charge < -0.3 is 0 Å². The molecule has 0 aliphatic carbocycles. The molecule has 0 aliphatic rings. The molecule has 236 valence electrons. The number of hydrogen-bond acceptors (Lipinski definition) is 20. The van der Waals surface area contributed by atoms with Crippen LogP contribution in [0.4, 0.5) is 0 Å². The fourth-order valence-corrected chi connectivity index (χ4v) is 25.1. The molecule has 0 N–H and O–H groups in total. The highest BCUT2D eigenvalue weighted by atomic mass is 32.3. The van der Waals surface area contributed by atoms with Gasteiger partial charge in [-0.1, -0.05) is 0 Å². The average molecular weight is 910 g/mol. The third-order valence-electron chi connectivity index (χ3n) is 4.25. The zero-order chi connectivity index (χ0) is 29.1. The summed E-state index contributed by atoms with van der Waals surface area (Å²) in [6.07, 6.45) is 3.45. The lowest BCUT2D eigenvalue weighted by molar-refractivity contribution is 1.03. The van der Waals surface area contributed by atoms with E-state index in [4.69, 9.17) is 0 Å². The van der Waals surface area contributed by atoms with Gasteiger partial charge in [-0.15, -0.1) is 141 Å². The van der Waals surface area contributed by atoms with Gasteiger partial charge in [0, 0.05) is 50.8 Å². The standard InChI is InChI=1S/C19H40S20/c20-4-28-14(29-5-21)1-17(34-10-26)36-12-38-19(3-16(32-8-24)33-9-25)39-13-37-18(35-11-27)2-15(30-6-22)31-7-23/h14-27H,1-13H2. The topological polar surface area (TPSA) is 0 Å². The van der Waals surface area contributed by atoms with Crippen molar-refractivity contribution in [1.82, 2.24) is 0 Å². The minimum atomic E-state index is 0.524. The van der Waals surface area contributed by atoms with Crippen molar-refractivity contribution in [3.05, 3.63) is 0 Å². The van der Waals surface area contributed by atoms with Gasteiger partial charge in [-0.05, 0) is 19.3 Å². The van der Waals surface area contributed by atoms with E-state index in [-0.39, 0.29) is 0 Å². The molecule has 0 aromatic carbocycles. The predicted octanol–water partition coefficient (Wildman–Crippen LogP) is 11.9. The molecule has 0 radical (unpaired) electrons. The lowest BCUT2D eigenvalue weighted by Gasteiger charge is -2.25. The largest absolute Gasteiger partial charge is 0.168 e.